The van der Waals surface area contributed by atoms with Crippen molar-refractivity contribution in [3.63, 3.8) is 0 Å². The Morgan fingerprint density at radius 2 is 2.05 bits per heavy atom. The van der Waals surface area contributed by atoms with E-state index in [9.17, 15) is 9.90 Å². The van der Waals surface area contributed by atoms with Crippen molar-refractivity contribution in [3.8, 4) is 0 Å². The molecule has 1 amide bonds. The lowest BCUT2D eigenvalue weighted by molar-refractivity contribution is -0.127. The summed E-state index contributed by atoms with van der Waals surface area (Å²) in [5, 5.41) is 16.7. The lowest BCUT2D eigenvalue weighted by Gasteiger charge is -2.36. The molecule has 0 aromatic rings. The number of rotatable bonds is 4. The van der Waals surface area contributed by atoms with Crippen molar-refractivity contribution in [1.82, 2.24) is 10.6 Å². The highest BCUT2D eigenvalue weighted by Gasteiger charge is 2.35. The lowest BCUT2D eigenvalue weighted by Crippen LogP contribution is -2.47. The average molecular weight is 268 g/mol. The van der Waals surface area contributed by atoms with Crippen LogP contribution in [0.25, 0.3) is 0 Å². The van der Waals surface area contributed by atoms with Crippen LogP contribution in [0.3, 0.4) is 0 Å². The molecule has 3 N–H and O–H groups in total. The van der Waals surface area contributed by atoms with Crippen LogP contribution in [0.1, 0.15) is 46.0 Å². The Morgan fingerprint density at radius 1 is 1.37 bits per heavy atom. The van der Waals surface area contributed by atoms with Gasteiger partial charge in [-0.15, -0.1) is 0 Å². The highest BCUT2D eigenvalue weighted by atomic mass is 16.3. The number of carbonyl (C=O) groups is 1. The molecule has 0 bridgehead atoms. The topological polar surface area (TPSA) is 61.4 Å². The summed E-state index contributed by atoms with van der Waals surface area (Å²) in [7, 11) is 0. The van der Waals surface area contributed by atoms with Gasteiger partial charge in [-0.05, 0) is 44.1 Å². The molecule has 0 spiro atoms. The summed E-state index contributed by atoms with van der Waals surface area (Å²) in [4.78, 5) is 12.1. The molecule has 4 heteroatoms. The Balaban J connectivity index is 1.77. The molecule has 1 saturated carbocycles. The van der Waals surface area contributed by atoms with Gasteiger partial charge in [0.2, 0.25) is 5.91 Å². The summed E-state index contributed by atoms with van der Waals surface area (Å²) in [5.41, 5.74) is -0.670. The Morgan fingerprint density at radius 3 is 2.58 bits per heavy atom. The lowest BCUT2D eigenvalue weighted by atomic mass is 9.78. The molecule has 0 aromatic carbocycles. The van der Waals surface area contributed by atoms with Gasteiger partial charge >= 0.3 is 0 Å². The van der Waals surface area contributed by atoms with Gasteiger partial charge in [0.25, 0.3) is 0 Å². The number of nitrogens with one attached hydrogen (secondary N) is 2. The first-order valence-electron chi connectivity index (χ1n) is 7.75. The number of hydrogen-bond donors (Lipinski definition) is 3. The van der Waals surface area contributed by atoms with Crippen LogP contribution in [0, 0.1) is 17.8 Å². The van der Waals surface area contributed by atoms with Crippen molar-refractivity contribution < 1.29 is 9.90 Å². The van der Waals surface area contributed by atoms with Crippen molar-refractivity contribution >= 4 is 5.91 Å². The fourth-order valence-corrected chi connectivity index (χ4v) is 3.34. The van der Waals surface area contributed by atoms with Crippen molar-refractivity contribution in [3.05, 3.63) is 0 Å². The first kappa shape index (κ1) is 14.8. The van der Waals surface area contributed by atoms with E-state index >= 15 is 0 Å². The molecular formula is C15H28N2O2. The van der Waals surface area contributed by atoms with Crippen LogP contribution in [0.2, 0.25) is 0 Å². The molecule has 1 aliphatic carbocycles. The van der Waals surface area contributed by atoms with E-state index in [0.29, 0.717) is 12.5 Å². The molecule has 2 unspecified atom stereocenters. The molecule has 1 saturated heterocycles. The monoisotopic (exact) mass is 268 g/mol. The molecule has 0 aromatic heterocycles. The predicted octanol–water partition coefficient (Wildman–Crippen LogP) is 1.29. The minimum Gasteiger partial charge on any atom is -0.388 e. The molecule has 1 heterocycles. The third-order valence-electron chi connectivity index (χ3n) is 5.06. The second kappa shape index (κ2) is 6.23. The molecule has 0 radical (unpaired) electrons. The zero-order chi connectivity index (χ0) is 13.9. The molecule has 1 aliphatic heterocycles. The standard InChI is InChI=1S/C15H28N2O2/c1-3-12-4-6-15(19,7-5-12)10-17-14(18)13-9-16-8-11(13)2/h11-13,16,19H,3-10H2,1-2H3,(H,17,18). The Bertz CT molecular complexity index is 311. The van der Waals surface area contributed by atoms with E-state index in [0.717, 1.165) is 44.7 Å². The molecule has 4 nitrogen and oxygen atoms in total. The van der Waals surface area contributed by atoms with E-state index in [2.05, 4.69) is 24.5 Å². The van der Waals surface area contributed by atoms with Crippen LogP contribution in [-0.4, -0.2) is 36.2 Å². The van der Waals surface area contributed by atoms with E-state index in [-0.39, 0.29) is 11.8 Å². The Hall–Kier alpha value is -0.610. The zero-order valence-corrected chi connectivity index (χ0v) is 12.2. The van der Waals surface area contributed by atoms with Crippen molar-refractivity contribution in [2.45, 2.75) is 51.6 Å². The van der Waals surface area contributed by atoms with Gasteiger partial charge < -0.3 is 15.7 Å². The molecule has 19 heavy (non-hydrogen) atoms. The van der Waals surface area contributed by atoms with Gasteiger partial charge in [-0.25, -0.2) is 0 Å². The van der Waals surface area contributed by atoms with E-state index < -0.39 is 5.60 Å². The van der Waals surface area contributed by atoms with Crippen LogP contribution in [-0.2, 0) is 4.79 Å². The Labute approximate surface area is 116 Å². The van der Waals surface area contributed by atoms with Gasteiger partial charge in [0.05, 0.1) is 11.5 Å². The zero-order valence-electron chi connectivity index (χ0n) is 12.2. The summed E-state index contributed by atoms with van der Waals surface area (Å²) in [6.07, 6.45) is 5.02. The van der Waals surface area contributed by atoms with Gasteiger partial charge in [0.1, 0.15) is 0 Å². The third kappa shape index (κ3) is 3.69. The number of carbonyl (C=O) groups excluding carboxylic acids is 1. The van der Waals surface area contributed by atoms with Crippen LogP contribution >= 0.6 is 0 Å². The van der Waals surface area contributed by atoms with E-state index in [1.165, 1.54) is 6.42 Å². The van der Waals surface area contributed by atoms with Crippen LogP contribution in [0.15, 0.2) is 0 Å². The Kier molecular flexibility index (Phi) is 4.85. The van der Waals surface area contributed by atoms with Gasteiger partial charge in [-0.2, -0.15) is 0 Å². The fourth-order valence-electron chi connectivity index (χ4n) is 3.34. The number of aliphatic hydroxyl groups is 1. The van der Waals surface area contributed by atoms with Gasteiger partial charge in [-0.3, -0.25) is 4.79 Å². The van der Waals surface area contributed by atoms with E-state index in [1.54, 1.807) is 0 Å². The SMILES string of the molecule is CCC1CCC(O)(CNC(=O)C2CNCC2C)CC1. The first-order chi connectivity index (χ1) is 9.04. The van der Waals surface area contributed by atoms with Crippen LogP contribution < -0.4 is 10.6 Å². The van der Waals surface area contributed by atoms with Gasteiger partial charge in [-0.1, -0.05) is 20.3 Å². The molecule has 2 aliphatic rings. The minimum absolute atomic E-state index is 0.0654. The highest BCUT2D eigenvalue weighted by Crippen LogP contribution is 2.33. The number of amides is 1. The second-order valence-corrected chi connectivity index (χ2v) is 6.54. The largest absolute Gasteiger partial charge is 0.388 e. The quantitative estimate of drug-likeness (QED) is 0.720. The maximum Gasteiger partial charge on any atom is 0.224 e. The minimum atomic E-state index is -0.670. The molecular weight excluding hydrogens is 240 g/mol. The van der Waals surface area contributed by atoms with Crippen molar-refractivity contribution in [2.75, 3.05) is 19.6 Å². The van der Waals surface area contributed by atoms with Crippen LogP contribution in [0.5, 0.6) is 0 Å². The van der Waals surface area contributed by atoms with E-state index in [1.807, 2.05) is 0 Å². The first-order valence-corrected chi connectivity index (χ1v) is 7.75. The van der Waals surface area contributed by atoms with Crippen LogP contribution in [0.4, 0.5) is 0 Å². The summed E-state index contributed by atoms with van der Waals surface area (Å²) >= 11 is 0. The fraction of sp³-hybridized carbons (Fsp3) is 0.933. The van der Waals surface area contributed by atoms with Gasteiger partial charge in [0.15, 0.2) is 0 Å². The third-order valence-corrected chi connectivity index (χ3v) is 5.06. The summed E-state index contributed by atoms with van der Waals surface area (Å²) in [6.45, 7) is 6.42. The smallest absolute Gasteiger partial charge is 0.224 e. The summed E-state index contributed by atoms with van der Waals surface area (Å²) in [6, 6.07) is 0. The predicted molar refractivity (Wildman–Crippen MR) is 75.7 cm³/mol. The normalized spacial score (nSPS) is 39.2. The average Bonchev–Trinajstić information content (AvgIpc) is 2.83. The maximum atomic E-state index is 12.1. The van der Waals surface area contributed by atoms with Crippen molar-refractivity contribution in [1.29, 1.82) is 0 Å². The van der Waals surface area contributed by atoms with Crippen molar-refractivity contribution in [2.24, 2.45) is 17.8 Å². The molecule has 2 rings (SSSR count). The highest BCUT2D eigenvalue weighted by molar-refractivity contribution is 5.79. The van der Waals surface area contributed by atoms with Gasteiger partial charge in [0, 0.05) is 13.1 Å². The number of hydrogen-bond acceptors (Lipinski definition) is 3. The molecule has 110 valence electrons. The summed E-state index contributed by atoms with van der Waals surface area (Å²) < 4.78 is 0. The molecule has 2 fully saturated rings. The maximum absolute atomic E-state index is 12.1. The second-order valence-electron chi connectivity index (χ2n) is 6.54. The molecule has 2 atom stereocenters. The van der Waals surface area contributed by atoms with E-state index in [4.69, 9.17) is 0 Å². The summed E-state index contributed by atoms with van der Waals surface area (Å²) in [5.74, 6) is 1.32.